The zero-order chi connectivity index (χ0) is 15.5. The molecule has 0 atom stereocenters. The second kappa shape index (κ2) is 6.42. The van der Waals surface area contributed by atoms with Gasteiger partial charge in [0.1, 0.15) is 0 Å². The first kappa shape index (κ1) is 14.9. The van der Waals surface area contributed by atoms with E-state index in [0.717, 1.165) is 23.7 Å². The summed E-state index contributed by atoms with van der Waals surface area (Å²) in [6, 6.07) is 10.5. The molecule has 0 fully saturated rings. The number of thiazole rings is 1. The molecule has 0 unspecified atom stereocenters. The molecule has 3 rings (SSSR count). The van der Waals surface area contributed by atoms with Crippen LogP contribution in [0.25, 0.3) is 10.9 Å². The number of para-hydroxylation sites is 1. The number of fused-ring (bicyclic) bond motifs is 1. The Hall–Kier alpha value is -1.98. The summed E-state index contributed by atoms with van der Waals surface area (Å²) in [4.78, 5) is 14.6. The standard InChI is InChI=1S/C17H20N4S/c1-20(2)17-19-10-15(22-17)12-21(3)11-14-7-4-6-13-8-5-9-18-16(13)14/h4-10H,11-12H2,1-3H3. The Bertz CT molecular complexity index is 761. The van der Waals surface area contributed by atoms with Gasteiger partial charge in [-0.15, -0.1) is 11.3 Å². The average molecular weight is 312 g/mol. The summed E-state index contributed by atoms with van der Waals surface area (Å²) in [6.07, 6.45) is 3.83. The van der Waals surface area contributed by atoms with E-state index in [1.165, 1.54) is 15.8 Å². The minimum absolute atomic E-state index is 0.879. The van der Waals surface area contributed by atoms with Crippen molar-refractivity contribution in [2.24, 2.45) is 0 Å². The van der Waals surface area contributed by atoms with Crippen LogP contribution in [0.1, 0.15) is 10.4 Å². The van der Waals surface area contributed by atoms with Crippen molar-refractivity contribution in [3.63, 3.8) is 0 Å². The number of hydrogen-bond acceptors (Lipinski definition) is 5. The van der Waals surface area contributed by atoms with Gasteiger partial charge in [-0.1, -0.05) is 24.3 Å². The van der Waals surface area contributed by atoms with E-state index >= 15 is 0 Å². The van der Waals surface area contributed by atoms with E-state index in [2.05, 4.69) is 46.2 Å². The molecule has 4 nitrogen and oxygen atoms in total. The lowest BCUT2D eigenvalue weighted by atomic mass is 10.1. The van der Waals surface area contributed by atoms with E-state index in [-0.39, 0.29) is 0 Å². The highest BCUT2D eigenvalue weighted by Crippen LogP contribution is 2.23. The molecule has 0 radical (unpaired) electrons. The van der Waals surface area contributed by atoms with Gasteiger partial charge in [-0.3, -0.25) is 9.88 Å². The molecule has 3 aromatic rings. The van der Waals surface area contributed by atoms with Crippen LogP contribution in [0.3, 0.4) is 0 Å². The third-order valence-corrected chi connectivity index (χ3v) is 4.66. The Balaban J connectivity index is 1.74. The van der Waals surface area contributed by atoms with E-state index in [1.807, 2.05) is 37.5 Å². The van der Waals surface area contributed by atoms with Crippen molar-refractivity contribution in [1.29, 1.82) is 0 Å². The van der Waals surface area contributed by atoms with Crippen molar-refractivity contribution in [3.05, 3.63) is 53.2 Å². The number of pyridine rings is 1. The van der Waals surface area contributed by atoms with Gasteiger partial charge in [-0.2, -0.15) is 0 Å². The molecule has 0 amide bonds. The molecule has 5 heteroatoms. The molecular weight excluding hydrogens is 292 g/mol. The molecule has 0 saturated carbocycles. The molecule has 0 aliphatic carbocycles. The van der Waals surface area contributed by atoms with Crippen LogP contribution in [-0.4, -0.2) is 36.0 Å². The van der Waals surface area contributed by atoms with Gasteiger partial charge in [0.2, 0.25) is 0 Å². The maximum atomic E-state index is 4.53. The Morgan fingerprint density at radius 2 is 1.82 bits per heavy atom. The largest absolute Gasteiger partial charge is 0.354 e. The lowest BCUT2D eigenvalue weighted by Crippen LogP contribution is -2.16. The van der Waals surface area contributed by atoms with Crippen LogP contribution >= 0.6 is 11.3 Å². The highest BCUT2D eigenvalue weighted by molar-refractivity contribution is 7.15. The molecule has 0 bridgehead atoms. The highest BCUT2D eigenvalue weighted by atomic mass is 32.1. The van der Waals surface area contributed by atoms with Crippen molar-refractivity contribution < 1.29 is 0 Å². The summed E-state index contributed by atoms with van der Waals surface area (Å²) < 4.78 is 0. The maximum absolute atomic E-state index is 4.53. The third kappa shape index (κ3) is 3.26. The molecule has 1 aromatic carbocycles. The molecule has 0 aliphatic heterocycles. The SMILES string of the molecule is CN(Cc1cnc(N(C)C)s1)Cc1cccc2cccnc12. The van der Waals surface area contributed by atoms with Crippen LogP contribution in [0.5, 0.6) is 0 Å². The van der Waals surface area contributed by atoms with E-state index in [4.69, 9.17) is 0 Å². The van der Waals surface area contributed by atoms with Gasteiger partial charge < -0.3 is 4.90 Å². The zero-order valence-corrected chi connectivity index (χ0v) is 14.0. The summed E-state index contributed by atoms with van der Waals surface area (Å²) in [5.41, 5.74) is 2.35. The Labute approximate surface area is 135 Å². The molecule has 0 N–H and O–H groups in total. The van der Waals surface area contributed by atoms with Crippen molar-refractivity contribution in [1.82, 2.24) is 14.9 Å². The van der Waals surface area contributed by atoms with Gasteiger partial charge in [-0.25, -0.2) is 4.98 Å². The second-order valence-corrected chi connectivity index (χ2v) is 6.76. The summed E-state index contributed by atoms with van der Waals surface area (Å²) >= 11 is 1.74. The molecule has 2 aromatic heterocycles. The predicted molar refractivity (Wildman–Crippen MR) is 93.4 cm³/mol. The van der Waals surface area contributed by atoms with Crippen molar-refractivity contribution in [3.8, 4) is 0 Å². The fourth-order valence-electron chi connectivity index (χ4n) is 2.48. The number of anilines is 1. The zero-order valence-electron chi connectivity index (χ0n) is 13.2. The smallest absolute Gasteiger partial charge is 0.185 e. The summed E-state index contributed by atoms with van der Waals surface area (Å²) in [6.45, 7) is 1.78. The van der Waals surface area contributed by atoms with E-state index in [0.29, 0.717) is 0 Å². The topological polar surface area (TPSA) is 32.3 Å². The fraction of sp³-hybridized carbons (Fsp3) is 0.294. The number of aromatic nitrogens is 2. The van der Waals surface area contributed by atoms with Gasteiger partial charge in [-0.05, 0) is 18.7 Å². The number of hydrogen-bond donors (Lipinski definition) is 0. The van der Waals surface area contributed by atoms with Gasteiger partial charge in [0.05, 0.1) is 5.52 Å². The molecule has 114 valence electrons. The lowest BCUT2D eigenvalue weighted by molar-refractivity contribution is 0.323. The minimum Gasteiger partial charge on any atom is -0.354 e. The maximum Gasteiger partial charge on any atom is 0.185 e. The van der Waals surface area contributed by atoms with Gasteiger partial charge in [0, 0.05) is 49.8 Å². The average Bonchev–Trinajstić information content (AvgIpc) is 2.96. The molecule has 2 heterocycles. The van der Waals surface area contributed by atoms with E-state index in [1.54, 1.807) is 11.3 Å². The van der Waals surface area contributed by atoms with Gasteiger partial charge in [0.25, 0.3) is 0 Å². The number of nitrogens with zero attached hydrogens (tertiary/aromatic N) is 4. The predicted octanol–water partition coefficient (Wildman–Crippen LogP) is 3.39. The van der Waals surface area contributed by atoms with Gasteiger partial charge in [0.15, 0.2) is 5.13 Å². The normalized spacial score (nSPS) is 11.3. The minimum atomic E-state index is 0.879. The molecular formula is C17H20N4S. The second-order valence-electron chi connectivity index (χ2n) is 5.67. The molecule has 22 heavy (non-hydrogen) atoms. The van der Waals surface area contributed by atoms with Crippen LogP contribution in [-0.2, 0) is 13.1 Å². The summed E-state index contributed by atoms with van der Waals surface area (Å²) in [5, 5.41) is 2.25. The number of rotatable bonds is 5. The Morgan fingerprint density at radius 1 is 1.00 bits per heavy atom. The molecule has 0 spiro atoms. The molecule has 0 aliphatic rings. The highest BCUT2D eigenvalue weighted by Gasteiger charge is 2.09. The van der Waals surface area contributed by atoms with Crippen molar-refractivity contribution >= 4 is 27.4 Å². The van der Waals surface area contributed by atoms with Crippen LogP contribution in [0, 0.1) is 0 Å². The first-order valence-electron chi connectivity index (χ1n) is 7.26. The van der Waals surface area contributed by atoms with Gasteiger partial charge >= 0.3 is 0 Å². The first-order valence-corrected chi connectivity index (χ1v) is 8.08. The third-order valence-electron chi connectivity index (χ3n) is 3.51. The Kier molecular flexibility index (Phi) is 4.36. The van der Waals surface area contributed by atoms with Crippen molar-refractivity contribution in [2.75, 3.05) is 26.0 Å². The Morgan fingerprint density at radius 3 is 2.59 bits per heavy atom. The van der Waals surface area contributed by atoms with Crippen LogP contribution in [0.4, 0.5) is 5.13 Å². The molecule has 0 saturated heterocycles. The van der Waals surface area contributed by atoms with Crippen molar-refractivity contribution in [2.45, 2.75) is 13.1 Å². The monoisotopic (exact) mass is 312 g/mol. The number of benzene rings is 1. The lowest BCUT2D eigenvalue weighted by Gasteiger charge is -2.16. The van der Waals surface area contributed by atoms with Crippen LogP contribution < -0.4 is 4.90 Å². The van der Waals surface area contributed by atoms with Crippen LogP contribution in [0.15, 0.2) is 42.7 Å². The van der Waals surface area contributed by atoms with E-state index < -0.39 is 0 Å². The quantitative estimate of drug-likeness (QED) is 0.723. The fourth-order valence-corrected chi connectivity index (χ4v) is 3.40. The summed E-state index contributed by atoms with van der Waals surface area (Å²) in [7, 11) is 6.18. The first-order chi connectivity index (χ1) is 10.6. The summed E-state index contributed by atoms with van der Waals surface area (Å²) in [5.74, 6) is 0. The van der Waals surface area contributed by atoms with Crippen LogP contribution in [0.2, 0.25) is 0 Å². The van der Waals surface area contributed by atoms with E-state index in [9.17, 15) is 0 Å².